The van der Waals surface area contributed by atoms with E-state index in [0.29, 0.717) is 23.7 Å². The highest BCUT2D eigenvalue weighted by Gasteiger charge is 2.40. The van der Waals surface area contributed by atoms with Gasteiger partial charge in [-0.1, -0.05) is 0 Å². The van der Waals surface area contributed by atoms with Crippen LogP contribution in [0.5, 0.6) is 0 Å². The molecule has 2 rings (SSSR count). The monoisotopic (exact) mass is 167 g/mol. The number of hydrogen-bond acceptors (Lipinski definition) is 2. The van der Waals surface area contributed by atoms with E-state index in [1.807, 2.05) is 0 Å². The first kappa shape index (κ1) is 8.24. The summed E-state index contributed by atoms with van der Waals surface area (Å²) in [6.45, 7) is 6.43. The molecule has 0 N–H and O–H groups in total. The van der Waals surface area contributed by atoms with Crippen molar-refractivity contribution >= 4 is 5.78 Å². The maximum Gasteiger partial charge on any atom is 0.141 e. The number of ketones is 1. The highest BCUT2D eigenvalue weighted by molar-refractivity contribution is 5.86. The molecule has 0 aromatic rings. The van der Waals surface area contributed by atoms with Gasteiger partial charge in [0.15, 0.2) is 0 Å². The summed E-state index contributed by atoms with van der Waals surface area (Å²) in [4.78, 5) is 13.9. The molecular weight excluding hydrogens is 150 g/mol. The zero-order valence-electron chi connectivity index (χ0n) is 7.92. The van der Waals surface area contributed by atoms with Gasteiger partial charge in [-0.25, -0.2) is 0 Å². The second-order valence-corrected chi connectivity index (χ2v) is 4.42. The first-order valence-electron chi connectivity index (χ1n) is 4.96. The van der Waals surface area contributed by atoms with Gasteiger partial charge in [-0.05, 0) is 26.7 Å². The van der Waals surface area contributed by atoms with E-state index in [9.17, 15) is 4.79 Å². The summed E-state index contributed by atoms with van der Waals surface area (Å²) in [5.74, 6) is 1.40. The van der Waals surface area contributed by atoms with Crippen LogP contribution in [0.15, 0.2) is 0 Å². The molecular formula is C10H17NO. The van der Waals surface area contributed by atoms with E-state index in [-0.39, 0.29) is 0 Å². The Balaban J connectivity index is 1.76. The number of rotatable bonds is 3. The van der Waals surface area contributed by atoms with E-state index in [0.717, 1.165) is 25.9 Å². The van der Waals surface area contributed by atoms with E-state index in [1.54, 1.807) is 0 Å². The lowest BCUT2D eigenvalue weighted by molar-refractivity contribution is -0.130. The summed E-state index contributed by atoms with van der Waals surface area (Å²) in [6, 6.07) is 0.619. The number of carbonyl (C=O) groups excluding carboxylic acids is 1. The van der Waals surface area contributed by atoms with Crippen molar-refractivity contribution in [2.24, 2.45) is 11.8 Å². The maximum absolute atomic E-state index is 11.5. The number of carbonyl (C=O) groups is 1. The van der Waals surface area contributed by atoms with Crippen LogP contribution >= 0.6 is 0 Å². The van der Waals surface area contributed by atoms with Gasteiger partial charge < -0.3 is 0 Å². The Morgan fingerprint density at radius 1 is 1.25 bits per heavy atom. The van der Waals surface area contributed by atoms with Crippen molar-refractivity contribution in [1.29, 1.82) is 0 Å². The Hall–Kier alpha value is -0.370. The van der Waals surface area contributed by atoms with Crippen LogP contribution in [-0.2, 0) is 4.79 Å². The van der Waals surface area contributed by atoms with Crippen LogP contribution in [-0.4, -0.2) is 29.8 Å². The molecule has 2 aliphatic rings. The molecule has 0 bridgehead atoms. The van der Waals surface area contributed by atoms with Crippen molar-refractivity contribution < 1.29 is 4.79 Å². The molecule has 1 saturated carbocycles. The van der Waals surface area contributed by atoms with Crippen molar-refractivity contribution in [3.8, 4) is 0 Å². The van der Waals surface area contributed by atoms with Gasteiger partial charge in [0.05, 0.1) is 0 Å². The molecule has 1 heterocycles. The fourth-order valence-corrected chi connectivity index (χ4v) is 1.82. The normalized spacial score (nSPS) is 25.9. The summed E-state index contributed by atoms with van der Waals surface area (Å²) in [5.41, 5.74) is 0. The SMILES string of the molecule is CC(C)N1CC(C(=O)C2CC2)C1. The zero-order chi connectivity index (χ0) is 8.72. The van der Waals surface area contributed by atoms with Crippen LogP contribution < -0.4 is 0 Å². The Morgan fingerprint density at radius 2 is 1.83 bits per heavy atom. The maximum atomic E-state index is 11.5. The number of nitrogens with zero attached hydrogens (tertiary/aromatic N) is 1. The van der Waals surface area contributed by atoms with Gasteiger partial charge in [0.2, 0.25) is 0 Å². The summed E-state index contributed by atoms with van der Waals surface area (Å²) in [6.07, 6.45) is 2.33. The van der Waals surface area contributed by atoms with Gasteiger partial charge in [-0.15, -0.1) is 0 Å². The molecule has 2 heteroatoms. The molecule has 68 valence electrons. The van der Waals surface area contributed by atoms with Crippen molar-refractivity contribution in [2.75, 3.05) is 13.1 Å². The molecule has 2 nitrogen and oxygen atoms in total. The molecule has 1 aliphatic heterocycles. The van der Waals surface area contributed by atoms with Gasteiger partial charge in [-0.2, -0.15) is 0 Å². The van der Waals surface area contributed by atoms with Gasteiger partial charge in [0.1, 0.15) is 5.78 Å². The first-order chi connectivity index (χ1) is 5.68. The highest BCUT2D eigenvalue weighted by Crippen LogP contribution is 2.35. The molecule has 1 saturated heterocycles. The van der Waals surface area contributed by atoms with Crippen LogP contribution in [0.4, 0.5) is 0 Å². The summed E-state index contributed by atoms with van der Waals surface area (Å²) in [5, 5.41) is 0. The van der Waals surface area contributed by atoms with E-state index in [1.165, 1.54) is 0 Å². The minimum absolute atomic E-state index is 0.389. The molecule has 0 spiro atoms. The molecule has 0 amide bonds. The van der Waals surface area contributed by atoms with Crippen LogP contribution in [0, 0.1) is 11.8 Å². The van der Waals surface area contributed by atoms with Crippen LogP contribution in [0.25, 0.3) is 0 Å². The van der Waals surface area contributed by atoms with Crippen molar-refractivity contribution in [3.63, 3.8) is 0 Å². The highest BCUT2D eigenvalue weighted by atomic mass is 16.1. The third kappa shape index (κ3) is 1.40. The largest absolute Gasteiger partial charge is 0.299 e. The van der Waals surface area contributed by atoms with Crippen molar-refractivity contribution in [2.45, 2.75) is 32.7 Å². The topological polar surface area (TPSA) is 20.3 Å². The number of likely N-dealkylation sites (tertiary alicyclic amines) is 1. The van der Waals surface area contributed by atoms with Crippen LogP contribution in [0.3, 0.4) is 0 Å². The van der Waals surface area contributed by atoms with E-state index in [2.05, 4.69) is 18.7 Å². The molecule has 0 aromatic carbocycles. The third-order valence-corrected chi connectivity index (χ3v) is 3.02. The fourth-order valence-electron chi connectivity index (χ4n) is 1.82. The predicted molar refractivity (Wildman–Crippen MR) is 47.9 cm³/mol. The van der Waals surface area contributed by atoms with E-state index < -0.39 is 0 Å². The van der Waals surface area contributed by atoms with Gasteiger partial charge in [-0.3, -0.25) is 9.69 Å². The van der Waals surface area contributed by atoms with Crippen molar-refractivity contribution in [3.05, 3.63) is 0 Å². The lowest BCUT2D eigenvalue weighted by atomic mass is 9.91. The molecule has 0 radical (unpaired) electrons. The number of hydrogen-bond donors (Lipinski definition) is 0. The molecule has 2 fully saturated rings. The summed E-state index contributed by atoms with van der Waals surface area (Å²) < 4.78 is 0. The standard InChI is InChI=1S/C10H17NO/c1-7(2)11-5-9(6-11)10(12)8-3-4-8/h7-9H,3-6H2,1-2H3. The lowest BCUT2D eigenvalue weighted by Crippen LogP contribution is -2.53. The Morgan fingerprint density at radius 3 is 2.25 bits per heavy atom. The molecule has 0 atom stereocenters. The second kappa shape index (κ2) is 2.84. The zero-order valence-corrected chi connectivity index (χ0v) is 7.92. The third-order valence-electron chi connectivity index (χ3n) is 3.02. The Kier molecular flexibility index (Phi) is 1.95. The van der Waals surface area contributed by atoms with Gasteiger partial charge in [0, 0.05) is 31.0 Å². The fraction of sp³-hybridized carbons (Fsp3) is 0.900. The van der Waals surface area contributed by atoms with Gasteiger partial charge in [0.25, 0.3) is 0 Å². The van der Waals surface area contributed by atoms with Gasteiger partial charge >= 0.3 is 0 Å². The molecule has 1 aliphatic carbocycles. The quantitative estimate of drug-likeness (QED) is 0.631. The Labute approximate surface area is 73.9 Å². The van der Waals surface area contributed by atoms with E-state index >= 15 is 0 Å². The van der Waals surface area contributed by atoms with Crippen molar-refractivity contribution in [1.82, 2.24) is 4.90 Å². The minimum atomic E-state index is 0.389. The second-order valence-electron chi connectivity index (χ2n) is 4.42. The molecule has 0 unspecified atom stereocenters. The predicted octanol–water partition coefficient (Wildman–Crippen LogP) is 1.31. The smallest absolute Gasteiger partial charge is 0.141 e. The summed E-state index contributed by atoms with van der Waals surface area (Å²) >= 11 is 0. The average molecular weight is 167 g/mol. The van der Waals surface area contributed by atoms with E-state index in [4.69, 9.17) is 0 Å². The van der Waals surface area contributed by atoms with Crippen LogP contribution in [0.1, 0.15) is 26.7 Å². The summed E-state index contributed by atoms with van der Waals surface area (Å²) in [7, 11) is 0. The molecule has 12 heavy (non-hydrogen) atoms. The Bertz CT molecular complexity index is 190. The van der Waals surface area contributed by atoms with Crippen LogP contribution in [0.2, 0.25) is 0 Å². The minimum Gasteiger partial charge on any atom is -0.299 e. The number of Topliss-reactive ketones (excluding diaryl/α,β-unsaturated/α-hetero) is 1. The average Bonchev–Trinajstić information content (AvgIpc) is 2.62. The molecule has 0 aromatic heterocycles. The lowest BCUT2D eigenvalue weighted by Gasteiger charge is -2.41. The first-order valence-corrected chi connectivity index (χ1v) is 4.96.